The minimum atomic E-state index is -0.264. The smallest absolute Gasteiger partial charge is 0.255 e. The van der Waals surface area contributed by atoms with Gasteiger partial charge in [0.05, 0.1) is 4.47 Å². The second kappa shape index (κ2) is 5.75. The molecule has 0 atom stereocenters. The Hall–Kier alpha value is -1.33. The van der Waals surface area contributed by atoms with E-state index in [1.165, 1.54) is 6.07 Å². The van der Waals surface area contributed by atoms with Gasteiger partial charge in [0.25, 0.3) is 5.91 Å². The number of nitrogens with one attached hydrogen (secondary N) is 1. The van der Waals surface area contributed by atoms with Gasteiger partial charge in [-0.05, 0) is 64.8 Å². The predicted octanol–water partition coefficient (Wildman–Crippen LogP) is 4.48. The first-order valence-corrected chi connectivity index (χ1v) is 7.11. The Labute approximate surface area is 127 Å². The van der Waals surface area contributed by atoms with E-state index in [9.17, 15) is 9.90 Å². The summed E-state index contributed by atoms with van der Waals surface area (Å²) in [5, 5.41) is 12.4. The van der Waals surface area contributed by atoms with Crippen molar-refractivity contribution in [3.63, 3.8) is 0 Å². The topological polar surface area (TPSA) is 49.3 Å². The number of carbonyl (C=O) groups is 1. The number of phenols is 1. The summed E-state index contributed by atoms with van der Waals surface area (Å²) in [5.41, 5.74) is 2.15. The SMILES string of the molecule is Cc1cc(Br)cc(NC(=O)c2ccc(Br)c(O)c2)c1. The molecule has 0 aliphatic carbocycles. The minimum absolute atomic E-state index is 0.0399. The Morgan fingerprint density at radius 3 is 2.53 bits per heavy atom. The van der Waals surface area contributed by atoms with Gasteiger partial charge >= 0.3 is 0 Å². The summed E-state index contributed by atoms with van der Waals surface area (Å²) >= 11 is 6.56. The Morgan fingerprint density at radius 2 is 1.89 bits per heavy atom. The number of hydrogen-bond donors (Lipinski definition) is 2. The first-order valence-electron chi connectivity index (χ1n) is 5.53. The lowest BCUT2D eigenvalue weighted by atomic mass is 10.2. The van der Waals surface area contributed by atoms with E-state index < -0.39 is 0 Å². The molecule has 3 nitrogen and oxygen atoms in total. The van der Waals surface area contributed by atoms with E-state index in [-0.39, 0.29) is 11.7 Å². The molecule has 0 aromatic heterocycles. The number of benzene rings is 2. The highest BCUT2D eigenvalue weighted by molar-refractivity contribution is 9.10. The van der Waals surface area contributed by atoms with Gasteiger partial charge in [-0.3, -0.25) is 4.79 Å². The Kier molecular flexibility index (Phi) is 4.27. The van der Waals surface area contributed by atoms with E-state index in [0.717, 1.165) is 10.0 Å². The van der Waals surface area contributed by atoms with Crippen LogP contribution in [-0.4, -0.2) is 11.0 Å². The van der Waals surface area contributed by atoms with E-state index >= 15 is 0 Å². The lowest BCUT2D eigenvalue weighted by molar-refractivity contribution is 0.102. The molecule has 0 bridgehead atoms. The maximum Gasteiger partial charge on any atom is 0.255 e. The highest BCUT2D eigenvalue weighted by atomic mass is 79.9. The second-order valence-corrected chi connectivity index (χ2v) is 5.91. The van der Waals surface area contributed by atoms with Gasteiger partial charge in [-0.15, -0.1) is 0 Å². The molecule has 98 valence electrons. The zero-order chi connectivity index (χ0) is 14.0. The molecule has 0 spiro atoms. The average Bonchev–Trinajstić information content (AvgIpc) is 2.31. The summed E-state index contributed by atoms with van der Waals surface area (Å²) in [6.45, 7) is 1.95. The molecule has 0 saturated heterocycles. The van der Waals surface area contributed by atoms with Crippen LogP contribution in [0.3, 0.4) is 0 Å². The molecule has 0 heterocycles. The zero-order valence-electron chi connectivity index (χ0n) is 10.1. The summed E-state index contributed by atoms with van der Waals surface area (Å²) in [7, 11) is 0. The Balaban J connectivity index is 2.22. The van der Waals surface area contributed by atoms with Gasteiger partial charge in [0.1, 0.15) is 5.75 Å². The van der Waals surface area contributed by atoms with Gasteiger partial charge in [-0.2, -0.15) is 0 Å². The van der Waals surface area contributed by atoms with Gasteiger partial charge in [0.15, 0.2) is 0 Å². The third kappa shape index (κ3) is 3.58. The molecule has 0 aliphatic rings. The van der Waals surface area contributed by atoms with Crippen molar-refractivity contribution in [3.8, 4) is 5.75 Å². The van der Waals surface area contributed by atoms with Crippen molar-refractivity contribution >= 4 is 43.5 Å². The van der Waals surface area contributed by atoms with Gasteiger partial charge in [-0.1, -0.05) is 15.9 Å². The van der Waals surface area contributed by atoms with Crippen LogP contribution in [0, 0.1) is 6.92 Å². The van der Waals surface area contributed by atoms with E-state index in [2.05, 4.69) is 37.2 Å². The number of rotatable bonds is 2. The van der Waals surface area contributed by atoms with Crippen LogP contribution >= 0.6 is 31.9 Å². The average molecular weight is 385 g/mol. The van der Waals surface area contributed by atoms with Gasteiger partial charge in [0, 0.05) is 15.7 Å². The monoisotopic (exact) mass is 383 g/mol. The molecule has 2 N–H and O–H groups in total. The number of aryl methyl sites for hydroxylation is 1. The molecule has 0 unspecified atom stereocenters. The maximum absolute atomic E-state index is 12.0. The first kappa shape index (κ1) is 14.1. The third-order valence-corrected chi connectivity index (χ3v) is 3.64. The predicted molar refractivity (Wildman–Crippen MR) is 82.6 cm³/mol. The Bertz CT molecular complexity index is 621. The van der Waals surface area contributed by atoms with Crippen molar-refractivity contribution in [1.82, 2.24) is 0 Å². The fourth-order valence-corrected chi connectivity index (χ4v) is 2.52. The standard InChI is InChI=1S/C14H11Br2NO2/c1-8-4-10(15)7-11(5-8)17-14(19)9-2-3-12(16)13(18)6-9/h2-7,18H,1H3,(H,17,19). The molecule has 0 aliphatic heterocycles. The quantitative estimate of drug-likeness (QED) is 0.801. The Morgan fingerprint density at radius 1 is 1.16 bits per heavy atom. The summed E-state index contributed by atoms with van der Waals surface area (Å²) < 4.78 is 1.46. The molecular formula is C14H11Br2NO2. The molecule has 0 saturated carbocycles. The van der Waals surface area contributed by atoms with Crippen LogP contribution in [-0.2, 0) is 0 Å². The molecule has 2 rings (SSSR count). The van der Waals surface area contributed by atoms with Crippen molar-refractivity contribution in [3.05, 3.63) is 56.5 Å². The number of aromatic hydroxyl groups is 1. The third-order valence-electron chi connectivity index (χ3n) is 2.51. The molecule has 2 aromatic rings. The van der Waals surface area contributed by atoms with Crippen LogP contribution < -0.4 is 5.32 Å². The fourth-order valence-electron chi connectivity index (χ4n) is 1.67. The van der Waals surface area contributed by atoms with E-state index in [0.29, 0.717) is 15.7 Å². The van der Waals surface area contributed by atoms with E-state index in [1.807, 2.05) is 25.1 Å². The summed E-state index contributed by atoms with van der Waals surface area (Å²) in [6.07, 6.45) is 0. The maximum atomic E-state index is 12.0. The number of carbonyl (C=O) groups excluding carboxylic acids is 1. The van der Waals surface area contributed by atoms with Crippen molar-refractivity contribution < 1.29 is 9.90 Å². The number of halogens is 2. The fraction of sp³-hybridized carbons (Fsp3) is 0.0714. The van der Waals surface area contributed by atoms with Crippen LogP contribution in [0.15, 0.2) is 45.3 Å². The van der Waals surface area contributed by atoms with Crippen molar-refractivity contribution in [2.75, 3.05) is 5.32 Å². The van der Waals surface area contributed by atoms with Gasteiger partial charge < -0.3 is 10.4 Å². The second-order valence-electron chi connectivity index (χ2n) is 4.14. The molecule has 5 heteroatoms. The molecular weight excluding hydrogens is 374 g/mol. The van der Waals surface area contributed by atoms with Crippen LogP contribution in [0.2, 0.25) is 0 Å². The normalized spacial score (nSPS) is 10.3. The van der Waals surface area contributed by atoms with Crippen LogP contribution in [0.5, 0.6) is 5.75 Å². The molecule has 1 amide bonds. The van der Waals surface area contributed by atoms with E-state index in [1.54, 1.807) is 12.1 Å². The lowest BCUT2D eigenvalue weighted by Gasteiger charge is -2.08. The number of amides is 1. The highest BCUT2D eigenvalue weighted by Crippen LogP contribution is 2.25. The highest BCUT2D eigenvalue weighted by Gasteiger charge is 2.09. The molecule has 0 fully saturated rings. The van der Waals surface area contributed by atoms with E-state index in [4.69, 9.17) is 0 Å². The van der Waals surface area contributed by atoms with Crippen molar-refractivity contribution in [2.24, 2.45) is 0 Å². The summed E-state index contributed by atoms with van der Waals surface area (Å²) in [4.78, 5) is 12.0. The molecule has 19 heavy (non-hydrogen) atoms. The van der Waals surface area contributed by atoms with Crippen molar-refractivity contribution in [1.29, 1.82) is 0 Å². The summed E-state index contributed by atoms with van der Waals surface area (Å²) in [6, 6.07) is 10.4. The zero-order valence-corrected chi connectivity index (χ0v) is 13.2. The molecule has 2 aromatic carbocycles. The van der Waals surface area contributed by atoms with Crippen LogP contribution in [0.4, 0.5) is 5.69 Å². The minimum Gasteiger partial charge on any atom is -0.507 e. The number of anilines is 1. The van der Waals surface area contributed by atoms with Crippen molar-refractivity contribution in [2.45, 2.75) is 6.92 Å². The number of phenolic OH excluding ortho intramolecular Hbond substituents is 1. The lowest BCUT2D eigenvalue weighted by Crippen LogP contribution is -2.11. The number of hydrogen-bond acceptors (Lipinski definition) is 2. The van der Waals surface area contributed by atoms with Gasteiger partial charge in [0.2, 0.25) is 0 Å². The van der Waals surface area contributed by atoms with Gasteiger partial charge in [-0.25, -0.2) is 0 Å². The first-order chi connectivity index (χ1) is 8.95. The largest absolute Gasteiger partial charge is 0.507 e. The summed E-state index contributed by atoms with van der Waals surface area (Å²) in [5.74, 6) is -0.224. The van der Waals surface area contributed by atoms with Crippen LogP contribution in [0.25, 0.3) is 0 Å². The van der Waals surface area contributed by atoms with Crippen LogP contribution in [0.1, 0.15) is 15.9 Å². The molecule has 0 radical (unpaired) electrons.